The van der Waals surface area contributed by atoms with Gasteiger partial charge in [0.1, 0.15) is 28.6 Å². The summed E-state index contributed by atoms with van der Waals surface area (Å²) in [6.07, 6.45) is 1.06. The van der Waals surface area contributed by atoms with Gasteiger partial charge < -0.3 is 25.4 Å². The number of aliphatic carboxylic acids is 1. The molecule has 0 aliphatic heterocycles. The van der Waals surface area contributed by atoms with Crippen molar-refractivity contribution >= 4 is 34.9 Å². The standard InChI is InChI=1S/C31H46N4O6S/c1-8-20(4)23(15-22(36)17-32-5)30(38)35(6)26(19(2)3)16-27(41-7)29-34-25(18-42-29)28(37)33-24(31(39)40)14-21-12-10-9-11-13-21/h9-13,18-20,23-24,26-27,32H,8,14-17H2,1-7H3,(H,33,37)(H,39,40)/t20?,23-,24-,26+,27?/m0/s1. The van der Waals surface area contributed by atoms with E-state index in [4.69, 9.17) is 4.74 Å². The number of Topliss-reactive ketones (excluding diaryl/α,β-unsaturated/α-hetero) is 1. The molecule has 10 nitrogen and oxygen atoms in total. The molecular formula is C31H46N4O6S. The van der Waals surface area contributed by atoms with Gasteiger partial charge in [-0.15, -0.1) is 11.3 Å². The summed E-state index contributed by atoms with van der Waals surface area (Å²) in [5.74, 6) is -2.07. The largest absolute Gasteiger partial charge is 0.480 e. The average molecular weight is 603 g/mol. The molecule has 2 unspecified atom stereocenters. The molecule has 11 heteroatoms. The molecule has 0 spiro atoms. The zero-order valence-corrected chi connectivity index (χ0v) is 26.6. The van der Waals surface area contributed by atoms with Gasteiger partial charge in [0.05, 0.1) is 6.54 Å². The fourth-order valence-corrected chi connectivity index (χ4v) is 5.86. The Morgan fingerprint density at radius 2 is 1.79 bits per heavy atom. The fraction of sp³-hybridized carbons (Fsp3) is 0.581. The molecule has 5 atom stereocenters. The Morgan fingerprint density at radius 3 is 2.33 bits per heavy atom. The van der Waals surface area contributed by atoms with Crippen LogP contribution in [-0.2, 0) is 25.5 Å². The van der Waals surface area contributed by atoms with Gasteiger partial charge in [-0.05, 0) is 24.4 Å². The van der Waals surface area contributed by atoms with Crippen molar-refractivity contribution in [3.8, 4) is 0 Å². The Hall–Kier alpha value is -3.15. The molecule has 0 aliphatic carbocycles. The summed E-state index contributed by atoms with van der Waals surface area (Å²) in [4.78, 5) is 57.2. The minimum Gasteiger partial charge on any atom is -0.480 e. The second-order valence-electron chi connectivity index (χ2n) is 11.1. The van der Waals surface area contributed by atoms with E-state index in [1.165, 1.54) is 11.3 Å². The third-order valence-electron chi connectivity index (χ3n) is 7.74. The van der Waals surface area contributed by atoms with E-state index in [2.05, 4.69) is 15.6 Å². The van der Waals surface area contributed by atoms with E-state index in [0.717, 1.165) is 12.0 Å². The summed E-state index contributed by atoms with van der Waals surface area (Å²) >= 11 is 1.25. The molecular weight excluding hydrogens is 556 g/mol. The van der Waals surface area contributed by atoms with Crippen LogP contribution in [-0.4, -0.2) is 78.4 Å². The number of hydrogen-bond acceptors (Lipinski definition) is 8. The van der Waals surface area contributed by atoms with E-state index in [1.807, 2.05) is 58.0 Å². The van der Waals surface area contributed by atoms with Crippen LogP contribution in [0.4, 0.5) is 0 Å². The van der Waals surface area contributed by atoms with Gasteiger partial charge >= 0.3 is 5.97 Å². The molecule has 1 heterocycles. The monoisotopic (exact) mass is 602 g/mol. The number of nitrogens with zero attached hydrogens (tertiary/aromatic N) is 2. The van der Waals surface area contributed by atoms with Crippen molar-refractivity contribution in [1.82, 2.24) is 20.5 Å². The van der Waals surface area contributed by atoms with Gasteiger partial charge in [0.15, 0.2) is 0 Å². The quantitative estimate of drug-likeness (QED) is 0.233. The van der Waals surface area contributed by atoms with Crippen LogP contribution in [0.1, 0.15) is 74.1 Å². The summed E-state index contributed by atoms with van der Waals surface area (Å²) < 4.78 is 5.79. The van der Waals surface area contributed by atoms with Gasteiger partial charge in [0.25, 0.3) is 5.91 Å². The topological polar surface area (TPSA) is 138 Å². The molecule has 2 amide bonds. The van der Waals surface area contributed by atoms with Crippen LogP contribution >= 0.6 is 11.3 Å². The van der Waals surface area contributed by atoms with Gasteiger partial charge in [-0.2, -0.15) is 0 Å². The zero-order valence-electron chi connectivity index (χ0n) is 25.8. The molecule has 1 aromatic heterocycles. The van der Waals surface area contributed by atoms with Crippen LogP contribution < -0.4 is 10.6 Å². The fourth-order valence-electron chi connectivity index (χ4n) is 4.97. The second-order valence-corrected chi connectivity index (χ2v) is 12.0. The van der Waals surface area contributed by atoms with Crippen molar-refractivity contribution in [3.63, 3.8) is 0 Å². The van der Waals surface area contributed by atoms with Gasteiger partial charge in [-0.1, -0.05) is 64.4 Å². The number of nitrogens with one attached hydrogen (secondary N) is 2. The first-order valence-electron chi connectivity index (χ1n) is 14.4. The van der Waals surface area contributed by atoms with Crippen molar-refractivity contribution in [3.05, 3.63) is 52.0 Å². The lowest BCUT2D eigenvalue weighted by Gasteiger charge is -2.36. The molecule has 0 fully saturated rings. The first-order chi connectivity index (χ1) is 19.9. The lowest BCUT2D eigenvalue weighted by atomic mass is 9.85. The summed E-state index contributed by atoms with van der Waals surface area (Å²) in [5, 5.41) is 17.3. The summed E-state index contributed by atoms with van der Waals surface area (Å²) in [6.45, 7) is 8.31. The predicted molar refractivity (Wildman–Crippen MR) is 163 cm³/mol. The molecule has 232 valence electrons. The summed E-state index contributed by atoms with van der Waals surface area (Å²) in [6, 6.07) is 7.78. The maximum absolute atomic E-state index is 13.7. The molecule has 42 heavy (non-hydrogen) atoms. The normalized spacial score (nSPS) is 15.0. The first-order valence-corrected chi connectivity index (χ1v) is 15.3. The smallest absolute Gasteiger partial charge is 0.326 e. The Balaban J connectivity index is 2.18. The molecule has 0 bridgehead atoms. The Morgan fingerprint density at radius 1 is 1.12 bits per heavy atom. The number of carboxylic acid groups (broad SMARTS) is 1. The third-order valence-corrected chi connectivity index (χ3v) is 8.68. The number of ketones is 1. The highest BCUT2D eigenvalue weighted by Gasteiger charge is 2.35. The Labute approximate surface area is 253 Å². The van der Waals surface area contributed by atoms with Crippen molar-refractivity contribution in [2.75, 3.05) is 27.7 Å². The second kappa shape index (κ2) is 17.1. The molecule has 2 rings (SSSR count). The number of thiazole rings is 1. The number of aromatic nitrogens is 1. The summed E-state index contributed by atoms with van der Waals surface area (Å²) in [5.41, 5.74) is 0.908. The number of methoxy groups -OCH3 is 1. The number of benzene rings is 1. The highest BCUT2D eigenvalue weighted by molar-refractivity contribution is 7.09. The van der Waals surface area contributed by atoms with E-state index < -0.39 is 29.9 Å². The first kappa shape index (κ1) is 35.0. The van der Waals surface area contributed by atoms with Crippen LogP contribution in [0, 0.1) is 17.8 Å². The number of hydrogen-bond donors (Lipinski definition) is 3. The number of carboxylic acids is 1. The van der Waals surface area contributed by atoms with Gasteiger partial charge in [-0.3, -0.25) is 14.4 Å². The SMILES string of the molecule is CCC(C)[C@H](CC(=O)CNC)C(=O)N(C)[C@H](CC(OC)c1nc(C(=O)N[C@@H](Cc2ccccc2)C(=O)O)cs1)C(C)C. The van der Waals surface area contributed by atoms with Gasteiger partial charge in [0.2, 0.25) is 5.91 Å². The highest BCUT2D eigenvalue weighted by atomic mass is 32.1. The van der Waals surface area contributed by atoms with E-state index in [9.17, 15) is 24.3 Å². The molecule has 2 aromatic rings. The average Bonchev–Trinajstić information content (AvgIpc) is 3.46. The van der Waals surface area contributed by atoms with E-state index in [-0.39, 0.29) is 54.6 Å². The maximum Gasteiger partial charge on any atom is 0.326 e. The molecule has 0 aliphatic rings. The lowest BCUT2D eigenvalue weighted by Crippen LogP contribution is -2.46. The van der Waals surface area contributed by atoms with Crippen molar-refractivity contribution in [1.29, 1.82) is 0 Å². The number of likely N-dealkylation sites (N-methyl/N-ethyl adjacent to an activating group) is 1. The van der Waals surface area contributed by atoms with Crippen molar-refractivity contribution in [2.45, 2.75) is 71.6 Å². The van der Waals surface area contributed by atoms with Gasteiger partial charge in [-0.25, -0.2) is 9.78 Å². The highest BCUT2D eigenvalue weighted by Crippen LogP contribution is 2.31. The number of rotatable bonds is 18. The molecule has 0 saturated carbocycles. The lowest BCUT2D eigenvalue weighted by molar-refractivity contribution is -0.142. The van der Waals surface area contributed by atoms with Crippen LogP contribution in [0.15, 0.2) is 35.7 Å². The van der Waals surface area contributed by atoms with Crippen LogP contribution in [0.5, 0.6) is 0 Å². The molecule has 0 radical (unpaired) electrons. The number of carbonyl (C=O) groups is 4. The number of ether oxygens (including phenoxy) is 1. The molecule has 0 saturated heterocycles. The Kier molecular flexibility index (Phi) is 14.3. The van der Waals surface area contributed by atoms with E-state index >= 15 is 0 Å². The maximum atomic E-state index is 13.7. The summed E-state index contributed by atoms with van der Waals surface area (Å²) in [7, 11) is 5.05. The number of carbonyl (C=O) groups excluding carboxylic acids is 3. The van der Waals surface area contributed by atoms with E-state index in [1.54, 1.807) is 31.5 Å². The third kappa shape index (κ3) is 9.99. The van der Waals surface area contributed by atoms with Crippen LogP contribution in [0.2, 0.25) is 0 Å². The number of amides is 2. The Bertz CT molecular complexity index is 1170. The van der Waals surface area contributed by atoms with Crippen LogP contribution in [0.3, 0.4) is 0 Å². The van der Waals surface area contributed by atoms with Crippen LogP contribution in [0.25, 0.3) is 0 Å². The van der Waals surface area contributed by atoms with E-state index in [0.29, 0.717) is 11.4 Å². The predicted octanol–water partition coefficient (Wildman–Crippen LogP) is 3.97. The van der Waals surface area contributed by atoms with Crippen molar-refractivity contribution in [2.24, 2.45) is 17.8 Å². The zero-order chi connectivity index (χ0) is 31.4. The van der Waals surface area contributed by atoms with Crippen molar-refractivity contribution < 1.29 is 29.0 Å². The molecule has 3 N–H and O–H groups in total. The minimum absolute atomic E-state index is 0.00270. The minimum atomic E-state index is -1.13. The molecule has 1 aromatic carbocycles. The van der Waals surface area contributed by atoms with Gasteiger partial charge in [0, 0.05) is 50.8 Å².